The van der Waals surface area contributed by atoms with Crippen molar-refractivity contribution >= 4 is 20.8 Å². The van der Waals surface area contributed by atoms with Gasteiger partial charge in [-0.15, -0.1) is 0 Å². The van der Waals surface area contributed by atoms with Crippen molar-refractivity contribution in [2.75, 3.05) is 0 Å². The molecule has 0 aromatic rings. The maximum absolute atomic E-state index is 2.83. The lowest BCUT2D eigenvalue weighted by atomic mass is 12.6. The van der Waals surface area contributed by atoms with E-state index < -0.39 is 0 Å². The standard InChI is InChI=1S/H9N3Si2/c4-2-1-3-5/h1-3H,4-5H3. The summed E-state index contributed by atoms with van der Waals surface area (Å²) in [5.74, 6) is 0. The fourth-order valence-electron chi connectivity index (χ4n) is 0.125. The van der Waals surface area contributed by atoms with Gasteiger partial charge >= 0.3 is 0 Å². The van der Waals surface area contributed by atoms with Crippen molar-refractivity contribution in [2.45, 2.75) is 0 Å². The van der Waals surface area contributed by atoms with Crippen molar-refractivity contribution in [3.63, 3.8) is 0 Å². The fraction of sp³-hybridized carbons (Fsp3) is 0. The SMILES string of the molecule is [SiH3]NNN[SiH3]. The summed E-state index contributed by atoms with van der Waals surface area (Å²) in [7, 11) is 1.99. The smallest absolute Gasteiger partial charge is 0.0959 e. The number of hydrogen-bond donors (Lipinski definition) is 3. The first-order chi connectivity index (χ1) is 2.41. The summed E-state index contributed by atoms with van der Waals surface area (Å²) in [5, 5.41) is 5.66. The van der Waals surface area contributed by atoms with Gasteiger partial charge in [0, 0.05) is 0 Å². The molecule has 0 saturated heterocycles. The highest BCUT2D eigenvalue weighted by atomic mass is 28.2. The van der Waals surface area contributed by atoms with E-state index in [1.807, 2.05) is 0 Å². The molecule has 0 fully saturated rings. The first-order valence-corrected chi connectivity index (χ1v) is 3.50. The lowest BCUT2D eigenvalue weighted by Gasteiger charge is -1.93. The van der Waals surface area contributed by atoms with Crippen molar-refractivity contribution < 1.29 is 0 Å². The maximum Gasteiger partial charge on any atom is 0.0959 e. The highest BCUT2D eigenvalue weighted by molar-refractivity contribution is 6.05. The number of rotatable bonds is 2. The lowest BCUT2D eigenvalue weighted by Crippen LogP contribution is -2.39. The van der Waals surface area contributed by atoms with Crippen LogP contribution in [0.2, 0.25) is 0 Å². The van der Waals surface area contributed by atoms with Gasteiger partial charge < -0.3 is 0 Å². The molecule has 3 N–H and O–H groups in total. The van der Waals surface area contributed by atoms with Gasteiger partial charge in [0.1, 0.15) is 0 Å². The molecule has 0 aromatic carbocycles. The van der Waals surface area contributed by atoms with E-state index in [9.17, 15) is 0 Å². The molecule has 5 heavy (non-hydrogen) atoms. The second kappa shape index (κ2) is 4.31. The summed E-state index contributed by atoms with van der Waals surface area (Å²) in [6.45, 7) is 0. The molecule has 0 bridgehead atoms. The molecule has 0 amide bonds. The molecule has 0 aliphatic carbocycles. The van der Waals surface area contributed by atoms with Gasteiger partial charge in [-0.2, -0.15) is 0 Å². The Morgan fingerprint density at radius 1 is 1.00 bits per heavy atom. The molecule has 0 aliphatic heterocycles. The van der Waals surface area contributed by atoms with Gasteiger partial charge in [-0.3, -0.25) is 10.2 Å². The van der Waals surface area contributed by atoms with Crippen molar-refractivity contribution in [3.05, 3.63) is 0 Å². The van der Waals surface area contributed by atoms with Crippen LogP contribution in [0.25, 0.3) is 0 Å². The van der Waals surface area contributed by atoms with E-state index in [2.05, 4.69) is 15.7 Å². The molecule has 0 aromatic heterocycles. The molecule has 0 radical (unpaired) electrons. The Kier molecular flexibility index (Phi) is 4.58. The van der Waals surface area contributed by atoms with E-state index in [-0.39, 0.29) is 0 Å². The molecule has 32 valence electrons. The van der Waals surface area contributed by atoms with Crippen LogP contribution in [0.15, 0.2) is 0 Å². The van der Waals surface area contributed by atoms with Gasteiger partial charge in [0.05, 0.1) is 20.8 Å². The highest BCUT2D eigenvalue weighted by Crippen LogP contribution is 1.09. The Balaban J connectivity index is 2.19. The first kappa shape index (κ1) is 5.31. The Morgan fingerprint density at radius 2 is 1.40 bits per heavy atom. The zero-order chi connectivity index (χ0) is 4.12. The molecule has 0 atom stereocenters. The predicted molar refractivity (Wildman–Crippen MR) is 29.3 cm³/mol. The predicted octanol–water partition coefficient (Wildman–Crippen LogP) is -3.85. The summed E-state index contributed by atoms with van der Waals surface area (Å²) >= 11 is 0. The fourth-order valence-corrected chi connectivity index (χ4v) is 1.12. The molecule has 0 saturated carbocycles. The summed E-state index contributed by atoms with van der Waals surface area (Å²) in [5.41, 5.74) is 2.73. The van der Waals surface area contributed by atoms with Crippen LogP contribution in [0.3, 0.4) is 0 Å². The van der Waals surface area contributed by atoms with Crippen molar-refractivity contribution in [3.8, 4) is 0 Å². The normalized spacial score (nSPS) is 9.60. The van der Waals surface area contributed by atoms with E-state index in [1.165, 1.54) is 0 Å². The largest absolute Gasteiger partial charge is 0.277 e. The quantitative estimate of drug-likeness (QED) is 0.250. The average molecular weight is 107 g/mol. The van der Waals surface area contributed by atoms with Crippen LogP contribution in [0.4, 0.5) is 0 Å². The topological polar surface area (TPSA) is 36.1 Å². The lowest BCUT2D eigenvalue weighted by molar-refractivity contribution is 0.658. The summed E-state index contributed by atoms with van der Waals surface area (Å²) in [6, 6.07) is 0. The average Bonchev–Trinajstić information content (AvgIpc) is 1.41. The van der Waals surface area contributed by atoms with Gasteiger partial charge in [0.15, 0.2) is 0 Å². The zero-order valence-electron chi connectivity index (χ0n) is 3.50. The molecule has 0 heterocycles. The van der Waals surface area contributed by atoms with Crippen LogP contribution < -0.4 is 15.7 Å². The van der Waals surface area contributed by atoms with Crippen LogP contribution in [0, 0.1) is 0 Å². The number of nitrogens with one attached hydrogen (secondary N) is 3. The molecule has 0 unspecified atom stereocenters. The van der Waals surface area contributed by atoms with Crippen molar-refractivity contribution in [2.24, 2.45) is 0 Å². The highest BCUT2D eigenvalue weighted by Gasteiger charge is 1.55. The van der Waals surface area contributed by atoms with Crippen molar-refractivity contribution in [1.29, 1.82) is 0 Å². The van der Waals surface area contributed by atoms with Gasteiger partial charge in [0.2, 0.25) is 0 Å². The van der Waals surface area contributed by atoms with Gasteiger partial charge in [-0.05, 0) is 0 Å². The third-order valence-electron chi connectivity index (χ3n) is 0.250. The van der Waals surface area contributed by atoms with Crippen LogP contribution in [-0.4, -0.2) is 20.8 Å². The third-order valence-corrected chi connectivity index (χ3v) is 0.750. The zero-order valence-corrected chi connectivity index (χ0v) is 7.50. The molecular formula is H9N3Si2. The van der Waals surface area contributed by atoms with E-state index >= 15 is 0 Å². The summed E-state index contributed by atoms with van der Waals surface area (Å²) in [4.78, 5) is 0. The van der Waals surface area contributed by atoms with Crippen molar-refractivity contribution in [1.82, 2.24) is 15.7 Å². The maximum atomic E-state index is 2.83. The van der Waals surface area contributed by atoms with Crippen LogP contribution in [0.1, 0.15) is 0 Å². The minimum Gasteiger partial charge on any atom is -0.277 e. The first-order valence-electron chi connectivity index (χ1n) is 1.50. The molecule has 0 aliphatic rings. The van der Waals surface area contributed by atoms with Crippen LogP contribution >= 0.6 is 0 Å². The van der Waals surface area contributed by atoms with E-state index in [0.717, 1.165) is 20.8 Å². The molecule has 0 spiro atoms. The molecule has 0 rings (SSSR count). The van der Waals surface area contributed by atoms with Crippen LogP contribution in [-0.2, 0) is 0 Å². The third kappa shape index (κ3) is 4.31. The Labute approximate surface area is 37.5 Å². The number of hydrazine groups is 2. The van der Waals surface area contributed by atoms with Gasteiger partial charge in [0.25, 0.3) is 0 Å². The minimum absolute atomic E-state index is 0.997. The van der Waals surface area contributed by atoms with Crippen LogP contribution in [0.5, 0.6) is 0 Å². The molecule has 3 nitrogen and oxygen atoms in total. The number of hydrogen-bond acceptors (Lipinski definition) is 3. The Hall–Kier alpha value is 0.314. The Bertz CT molecular complexity index is 12.4. The molecule has 5 heteroatoms. The van der Waals surface area contributed by atoms with Gasteiger partial charge in [-0.1, -0.05) is 0 Å². The van der Waals surface area contributed by atoms with E-state index in [1.54, 1.807) is 0 Å². The molecular weight excluding hydrogens is 98.2 g/mol. The summed E-state index contributed by atoms with van der Waals surface area (Å²) in [6.07, 6.45) is 0. The van der Waals surface area contributed by atoms with Gasteiger partial charge in [-0.25, -0.2) is 5.53 Å². The van der Waals surface area contributed by atoms with E-state index in [0.29, 0.717) is 0 Å². The monoisotopic (exact) mass is 107 g/mol. The summed E-state index contributed by atoms with van der Waals surface area (Å²) < 4.78 is 0. The Morgan fingerprint density at radius 3 is 1.40 bits per heavy atom. The minimum atomic E-state index is 0.997. The second-order valence-electron chi connectivity index (χ2n) is 0.625. The second-order valence-corrected chi connectivity index (χ2v) is 1.62. The van der Waals surface area contributed by atoms with E-state index in [4.69, 9.17) is 0 Å².